The summed E-state index contributed by atoms with van der Waals surface area (Å²) >= 11 is 9.30. The molecule has 0 atom stereocenters. The molecule has 0 aliphatic carbocycles. The van der Waals surface area contributed by atoms with Crippen LogP contribution in [-0.4, -0.2) is 30.3 Å². The van der Waals surface area contributed by atoms with E-state index in [1.165, 1.54) is 25.4 Å². The third-order valence-electron chi connectivity index (χ3n) is 3.18. The maximum atomic E-state index is 13.0. The number of nitrogens with one attached hydrogen (secondary N) is 1. The Morgan fingerprint density at radius 3 is 2.69 bits per heavy atom. The predicted molar refractivity (Wildman–Crippen MR) is 94.3 cm³/mol. The van der Waals surface area contributed by atoms with E-state index in [2.05, 4.69) is 31.4 Å². The predicted octanol–water partition coefficient (Wildman–Crippen LogP) is 4.30. The van der Waals surface area contributed by atoms with E-state index in [4.69, 9.17) is 16.4 Å². The van der Waals surface area contributed by atoms with Gasteiger partial charge in [0.05, 0.1) is 22.7 Å². The van der Waals surface area contributed by atoms with Crippen LogP contribution in [0, 0.1) is 0 Å². The van der Waals surface area contributed by atoms with Gasteiger partial charge in [0.25, 0.3) is 5.91 Å². The number of benzene rings is 1. The summed E-state index contributed by atoms with van der Waals surface area (Å²) in [6.45, 7) is -0.229. The number of pyridine rings is 1. The van der Waals surface area contributed by atoms with Crippen molar-refractivity contribution in [2.45, 2.75) is 6.18 Å². The molecule has 0 aliphatic heterocycles. The lowest BCUT2D eigenvalue weighted by Gasteiger charge is -2.13. The van der Waals surface area contributed by atoms with Crippen molar-refractivity contribution in [3.63, 3.8) is 0 Å². The molecule has 0 saturated heterocycles. The smallest absolute Gasteiger partial charge is 0.399 e. The van der Waals surface area contributed by atoms with Crippen LogP contribution in [0.3, 0.4) is 0 Å². The number of amides is 1. The number of carbonyl (C=O) groups is 1. The van der Waals surface area contributed by atoms with Gasteiger partial charge >= 0.3 is 6.18 Å². The Hall–Kier alpha value is -2.13. The Morgan fingerprint density at radius 2 is 2.08 bits per heavy atom. The van der Waals surface area contributed by atoms with Crippen LogP contribution in [0.5, 0.6) is 0 Å². The van der Waals surface area contributed by atoms with E-state index in [1.54, 1.807) is 6.07 Å². The molecule has 0 spiro atoms. The molecule has 1 N–H and O–H groups in total. The summed E-state index contributed by atoms with van der Waals surface area (Å²) in [7, 11) is 1.29. The molecule has 138 valence electrons. The van der Waals surface area contributed by atoms with Gasteiger partial charge < -0.3 is 10.2 Å². The van der Waals surface area contributed by atoms with Crippen LogP contribution in [0.4, 0.5) is 13.2 Å². The van der Waals surface area contributed by atoms with Gasteiger partial charge in [-0.25, -0.2) is 0 Å². The van der Waals surface area contributed by atoms with Crippen molar-refractivity contribution in [1.82, 2.24) is 10.3 Å². The van der Waals surface area contributed by atoms with Gasteiger partial charge in [-0.1, -0.05) is 28.9 Å². The van der Waals surface area contributed by atoms with Gasteiger partial charge in [-0.05, 0) is 34.1 Å². The Bertz CT molecular complexity index is 844. The summed E-state index contributed by atoms with van der Waals surface area (Å²) in [4.78, 5) is 21.0. The summed E-state index contributed by atoms with van der Waals surface area (Å²) in [6.07, 6.45) is -3.18. The normalized spacial score (nSPS) is 12.0. The van der Waals surface area contributed by atoms with Gasteiger partial charge in [0.15, 0.2) is 0 Å². The molecule has 0 bridgehead atoms. The monoisotopic (exact) mass is 449 g/mol. The molecule has 2 rings (SSSR count). The number of nitrogens with zero attached hydrogens (tertiary/aromatic N) is 2. The first-order valence-corrected chi connectivity index (χ1v) is 8.27. The Morgan fingerprint density at radius 1 is 1.38 bits per heavy atom. The molecule has 0 fully saturated rings. The molecular weight excluding hydrogens is 439 g/mol. The van der Waals surface area contributed by atoms with Crippen LogP contribution in [-0.2, 0) is 11.0 Å². The highest BCUT2D eigenvalue weighted by atomic mass is 79.9. The van der Waals surface area contributed by atoms with Crippen LogP contribution in [0.1, 0.15) is 21.6 Å². The van der Waals surface area contributed by atoms with Gasteiger partial charge in [-0.3, -0.25) is 9.78 Å². The molecule has 2 aromatic rings. The van der Waals surface area contributed by atoms with Gasteiger partial charge in [-0.15, -0.1) is 0 Å². The van der Waals surface area contributed by atoms with Gasteiger partial charge in [0.2, 0.25) is 0 Å². The molecule has 1 aromatic carbocycles. The second-order valence-electron chi connectivity index (χ2n) is 4.93. The number of aromatic nitrogens is 1. The standard InChI is InChI=1S/C16H12BrClF3N3O2/c1-26-24-13(14-12(18)6-9(17)7-22-14)8-23-15(25)10-4-2-3-5-11(10)16(19,20)21/h2-7H,8H2,1H3,(H,23,25)/b24-13-. The zero-order chi connectivity index (χ0) is 19.3. The lowest BCUT2D eigenvalue weighted by molar-refractivity contribution is -0.137. The van der Waals surface area contributed by atoms with E-state index in [1.807, 2.05) is 0 Å². The lowest BCUT2D eigenvalue weighted by atomic mass is 10.1. The fourth-order valence-corrected chi connectivity index (χ4v) is 2.82. The van der Waals surface area contributed by atoms with Crippen molar-refractivity contribution in [2.75, 3.05) is 13.7 Å². The van der Waals surface area contributed by atoms with E-state index >= 15 is 0 Å². The topological polar surface area (TPSA) is 63.6 Å². The summed E-state index contributed by atoms with van der Waals surface area (Å²) in [6, 6.07) is 6.06. The minimum Gasteiger partial charge on any atom is -0.399 e. The number of oxime groups is 1. The van der Waals surface area contributed by atoms with Crippen LogP contribution < -0.4 is 5.32 Å². The van der Waals surface area contributed by atoms with Crippen molar-refractivity contribution >= 4 is 39.1 Å². The highest BCUT2D eigenvalue weighted by Gasteiger charge is 2.34. The van der Waals surface area contributed by atoms with Crippen molar-refractivity contribution in [1.29, 1.82) is 0 Å². The Labute approximate surface area is 160 Å². The lowest BCUT2D eigenvalue weighted by Crippen LogP contribution is -2.32. The first kappa shape index (κ1) is 20.2. The van der Waals surface area contributed by atoms with Crippen molar-refractivity contribution in [3.8, 4) is 0 Å². The second kappa shape index (κ2) is 8.50. The molecular formula is C16H12BrClF3N3O2. The van der Waals surface area contributed by atoms with E-state index < -0.39 is 23.2 Å². The van der Waals surface area contributed by atoms with E-state index in [-0.39, 0.29) is 23.0 Å². The number of hydrogen-bond acceptors (Lipinski definition) is 4. The maximum Gasteiger partial charge on any atom is 0.417 e. The zero-order valence-corrected chi connectivity index (χ0v) is 15.6. The van der Waals surface area contributed by atoms with Crippen molar-refractivity contribution in [2.24, 2.45) is 5.16 Å². The molecule has 1 heterocycles. The first-order valence-electron chi connectivity index (χ1n) is 7.10. The average Bonchev–Trinajstić information content (AvgIpc) is 2.58. The van der Waals surface area contributed by atoms with E-state index in [0.29, 0.717) is 4.47 Å². The number of halogens is 5. The van der Waals surface area contributed by atoms with E-state index in [9.17, 15) is 18.0 Å². The molecule has 5 nitrogen and oxygen atoms in total. The minimum absolute atomic E-state index is 0.155. The third-order valence-corrected chi connectivity index (χ3v) is 3.90. The molecule has 0 saturated carbocycles. The molecule has 1 amide bonds. The van der Waals surface area contributed by atoms with Crippen LogP contribution in [0.2, 0.25) is 5.02 Å². The quantitative estimate of drug-likeness (QED) is 0.546. The number of hydrogen-bond donors (Lipinski definition) is 1. The number of carbonyl (C=O) groups excluding carboxylic acids is 1. The first-order chi connectivity index (χ1) is 12.2. The molecule has 0 unspecified atom stereocenters. The Balaban J connectivity index is 2.23. The SMILES string of the molecule is CO/N=C(/CNC(=O)c1ccccc1C(F)(F)F)c1ncc(Br)cc1Cl. The molecule has 0 radical (unpaired) electrons. The summed E-state index contributed by atoms with van der Waals surface area (Å²) in [5, 5.41) is 6.35. The largest absolute Gasteiger partial charge is 0.417 e. The molecule has 26 heavy (non-hydrogen) atoms. The van der Waals surface area contributed by atoms with E-state index in [0.717, 1.165) is 12.1 Å². The third kappa shape index (κ3) is 4.95. The summed E-state index contributed by atoms with van der Waals surface area (Å²) in [5.41, 5.74) is -1.13. The van der Waals surface area contributed by atoms with Crippen LogP contribution in [0.25, 0.3) is 0 Å². The number of alkyl halides is 3. The van der Waals surface area contributed by atoms with Crippen molar-refractivity contribution < 1.29 is 22.8 Å². The molecule has 0 aliphatic rings. The molecule has 10 heteroatoms. The fourth-order valence-electron chi connectivity index (χ4n) is 2.08. The van der Waals surface area contributed by atoms with Crippen LogP contribution >= 0.6 is 27.5 Å². The van der Waals surface area contributed by atoms with Gasteiger partial charge in [0, 0.05) is 10.7 Å². The van der Waals surface area contributed by atoms with Gasteiger partial charge in [-0.2, -0.15) is 13.2 Å². The Kier molecular flexibility index (Phi) is 6.60. The van der Waals surface area contributed by atoms with Crippen molar-refractivity contribution in [3.05, 3.63) is 62.8 Å². The highest BCUT2D eigenvalue weighted by Crippen LogP contribution is 2.31. The second-order valence-corrected chi connectivity index (χ2v) is 6.25. The van der Waals surface area contributed by atoms with Gasteiger partial charge in [0.1, 0.15) is 18.5 Å². The summed E-state index contributed by atoms with van der Waals surface area (Å²) in [5.74, 6) is -0.907. The highest BCUT2D eigenvalue weighted by molar-refractivity contribution is 9.10. The maximum absolute atomic E-state index is 13.0. The average molecular weight is 451 g/mol. The number of rotatable bonds is 5. The summed E-state index contributed by atoms with van der Waals surface area (Å²) < 4.78 is 39.7. The molecule has 1 aromatic heterocycles. The van der Waals surface area contributed by atoms with Crippen LogP contribution in [0.15, 0.2) is 46.2 Å². The zero-order valence-electron chi connectivity index (χ0n) is 13.3. The minimum atomic E-state index is -4.64. The fraction of sp³-hybridized carbons (Fsp3) is 0.188.